The zero-order chi connectivity index (χ0) is 16.3. The molecule has 0 bridgehead atoms. The molecule has 0 atom stereocenters. The molecule has 1 fully saturated rings. The van der Waals surface area contributed by atoms with Crippen LogP contribution in [0.1, 0.15) is 31.2 Å². The lowest BCUT2D eigenvalue weighted by Crippen LogP contribution is -2.38. The maximum atomic E-state index is 13.1. The fourth-order valence-corrected chi connectivity index (χ4v) is 4.06. The van der Waals surface area contributed by atoms with Gasteiger partial charge in [-0.05, 0) is 48.9 Å². The van der Waals surface area contributed by atoms with Crippen LogP contribution in [-0.2, 0) is 10.2 Å². The number of rotatable bonds is 4. The van der Waals surface area contributed by atoms with Gasteiger partial charge in [0.1, 0.15) is 0 Å². The van der Waals surface area contributed by atoms with Gasteiger partial charge in [0, 0.05) is 9.92 Å². The van der Waals surface area contributed by atoms with E-state index in [1.807, 2.05) is 54.8 Å². The van der Waals surface area contributed by atoms with Crippen LogP contribution in [0.25, 0.3) is 0 Å². The van der Waals surface area contributed by atoms with Gasteiger partial charge in [-0.3, -0.25) is 4.79 Å². The van der Waals surface area contributed by atoms with E-state index in [-0.39, 0.29) is 5.91 Å². The summed E-state index contributed by atoms with van der Waals surface area (Å²) in [5, 5.41) is 3.87. The summed E-state index contributed by atoms with van der Waals surface area (Å²) in [6, 6.07) is 15.7. The van der Waals surface area contributed by atoms with Gasteiger partial charge in [-0.25, -0.2) is 0 Å². The summed E-state index contributed by atoms with van der Waals surface area (Å²) in [6.45, 7) is 0. The SMILES string of the molecule is CSc1ccccc1NC(=O)C1(c2ccc(Cl)cc2)CCCC1. The fraction of sp³-hybridized carbons (Fsp3) is 0.316. The third-order valence-electron chi connectivity index (χ3n) is 4.64. The summed E-state index contributed by atoms with van der Waals surface area (Å²) in [4.78, 5) is 14.2. The van der Waals surface area contributed by atoms with Crippen LogP contribution in [0.3, 0.4) is 0 Å². The van der Waals surface area contributed by atoms with Crippen molar-refractivity contribution in [2.45, 2.75) is 36.0 Å². The highest BCUT2D eigenvalue weighted by Gasteiger charge is 2.42. The first-order valence-electron chi connectivity index (χ1n) is 7.86. The van der Waals surface area contributed by atoms with Gasteiger partial charge in [-0.15, -0.1) is 11.8 Å². The molecule has 2 aromatic carbocycles. The fourth-order valence-electron chi connectivity index (χ4n) is 3.38. The summed E-state index contributed by atoms with van der Waals surface area (Å²) in [5.41, 5.74) is 1.53. The Balaban J connectivity index is 1.92. The van der Waals surface area contributed by atoms with Crippen LogP contribution in [0, 0.1) is 0 Å². The van der Waals surface area contributed by atoms with Crippen LogP contribution in [0.5, 0.6) is 0 Å². The van der Waals surface area contributed by atoms with E-state index in [1.165, 1.54) is 0 Å². The van der Waals surface area contributed by atoms with Crippen LogP contribution in [0.2, 0.25) is 5.02 Å². The van der Waals surface area contributed by atoms with Gasteiger partial charge in [0.15, 0.2) is 0 Å². The van der Waals surface area contributed by atoms with Crippen molar-refractivity contribution in [1.29, 1.82) is 0 Å². The number of para-hydroxylation sites is 1. The lowest BCUT2D eigenvalue weighted by Gasteiger charge is -2.28. The zero-order valence-electron chi connectivity index (χ0n) is 13.1. The molecular formula is C19H20ClNOS. The summed E-state index contributed by atoms with van der Waals surface area (Å²) in [7, 11) is 0. The molecule has 1 aliphatic carbocycles. The average Bonchev–Trinajstić information content (AvgIpc) is 3.07. The van der Waals surface area contributed by atoms with Gasteiger partial charge < -0.3 is 5.32 Å². The molecule has 23 heavy (non-hydrogen) atoms. The largest absolute Gasteiger partial charge is 0.324 e. The maximum Gasteiger partial charge on any atom is 0.235 e. The molecule has 3 rings (SSSR count). The quantitative estimate of drug-likeness (QED) is 0.740. The number of carbonyl (C=O) groups is 1. The Hall–Kier alpha value is -1.45. The van der Waals surface area contributed by atoms with E-state index in [0.717, 1.165) is 41.8 Å². The van der Waals surface area contributed by atoms with Crippen LogP contribution in [-0.4, -0.2) is 12.2 Å². The number of nitrogens with one attached hydrogen (secondary N) is 1. The molecule has 0 heterocycles. The lowest BCUT2D eigenvalue weighted by atomic mass is 9.78. The van der Waals surface area contributed by atoms with Crippen LogP contribution in [0.15, 0.2) is 53.4 Å². The Labute approximate surface area is 146 Å². The number of carbonyl (C=O) groups excluding carboxylic acids is 1. The third-order valence-corrected chi connectivity index (χ3v) is 5.69. The van der Waals surface area contributed by atoms with E-state index < -0.39 is 5.41 Å². The predicted molar refractivity (Wildman–Crippen MR) is 98.5 cm³/mol. The molecule has 2 nitrogen and oxygen atoms in total. The predicted octanol–water partition coefficient (Wildman–Crippen LogP) is 5.51. The van der Waals surface area contributed by atoms with E-state index in [4.69, 9.17) is 11.6 Å². The van der Waals surface area contributed by atoms with Crippen molar-refractivity contribution in [2.75, 3.05) is 11.6 Å². The molecule has 0 aromatic heterocycles. The summed E-state index contributed by atoms with van der Waals surface area (Å²) < 4.78 is 0. The van der Waals surface area contributed by atoms with E-state index in [9.17, 15) is 4.79 Å². The van der Waals surface area contributed by atoms with Crippen molar-refractivity contribution in [3.63, 3.8) is 0 Å². The van der Waals surface area contributed by atoms with Crippen molar-refractivity contribution < 1.29 is 4.79 Å². The molecule has 4 heteroatoms. The average molecular weight is 346 g/mol. The van der Waals surface area contributed by atoms with Crippen LogP contribution >= 0.6 is 23.4 Å². The minimum Gasteiger partial charge on any atom is -0.324 e. The lowest BCUT2D eigenvalue weighted by molar-refractivity contribution is -0.121. The molecule has 0 unspecified atom stereocenters. The van der Waals surface area contributed by atoms with Crippen molar-refractivity contribution in [3.8, 4) is 0 Å². The second kappa shape index (κ2) is 6.98. The minimum atomic E-state index is -0.434. The summed E-state index contributed by atoms with van der Waals surface area (Å²) >= 11 is 7.65. The number of hydrogen-bond donors (Lipinski definition) is 1. The smallest absolute Gasteiger partial charge is 0.235 e. The molecule has 0 spiro atoms. The van der Waals surface area contributed by atoms with Crippen molar-refractivity contribution >= 4 is 35.0 Å². The Bertz CT molecular complexity index is 693. The number of thioether (sulfide) groups is 1. The van der Waals surface area contributed by atoms with Crippen LogP contribution in [0.4, 0.5) is 5.69 Å². The minimum absolute atomic E-state index is 0.0961. The van der Waals surface area contributed by atoms with Gasteiger partial charge in [-0.1, -0.05) is 48.7 Å². The highest BCUT2D eigenvalue weighted by atomic mass is 35.5. The Morgan fingerprint density at radius 1 is 1.09 bits per heavy atom. The van der Waals surface area contributed by atoms with Crippen molar-refractivity contribution in [3.05, 3.63) is 59.1 Å². The highest BCUT2D eigenvalue weighted by molar-refractivity contribution is 7.98. The molecule has 120 valence electrons. The topological polar surface area (TPSA) is 29.1 Å². The molecule has 1 amide bonds. The standard InChI is InChI=1S/C19H20ClNOS/c1-23-17-7-3-2-6-16(17)21-18(22)19(12-4-5-13-19)14-8-10-15(20)11-9-14/h2-3,6-11H,4-5,12-13H2,1H3,(H,21,22). The Kier molecular flexibility index (Phi) is 4.98. The number of benzene rings is 2. The van der Waals surface area contributed by atoms with E-state index in [1.54, 1.807) is 11.8 Å². The number of amides is 1. The van der Waals surface area contributed by atoms with Gasteiger partial charge in [0.2, 0.25) is 5.91 Å². The molecule has 1 saturated carbocycles. The zero-order valence-corrected chi connectivity index (χ0v) is 14.7. The first kappa shape index (κ1) is 16.4. The molecule has 0 saturated heterocycles. The maximum absolute atomic E-state index is 13.1. The Morgan fingerprint density at radius 3 is 2.39 bits per heavy atom. The van der Waals surface area contributed by atoms with Gasteiger partial charge in [0.05, 0.1) is 11.1 Å². The van der Waals surface area contributed by atoms with E-state index >= 15 is 0 Å². The second-order valence-electron chi connectivity index (χ2n) is 5.95. The first-order chi connectivity index (χ1) is 11.2. The molecule has 1 N–H and O–H groups in total. The summed E-state index contributed by atoms with van der Waals surface area (Å²) in [5.74, 6) is 0.0961. The Morgan fingerprint density at radius 2 is 1.74 bits per heavy atom. The van der Waals surface area contributed by atoms with Gasteiger partial charge in [-0.2, -0.15) is 0 Å². The molecular weight excluding hydrogens is 326 g/mol. The normalized spacial score (nSPS) is 16.3. The number of halogens is 1. The molecule has 0 radical (unpaired) electrons. The monoisotopic (exact) mass is 345 g/mol. The van der Waals surface area contributed by atoms with Gasteiger partial charge in [0.25, 0.3) is 0 Å². The van der Waals surface area contributed by atoms with E-state index in [2.05, 4.69) is 5.32 Å². The number of anilines is 1. The third kappa shape index (κ3) is 3.26. The van der Waals surface area contributed by atoms with Gasteiger partial charge >= 0.3 is 0 Å². The van der Waals surface area contributed by atoms with Crippen molar-refractivity contribution in [1.82, 2.24) is 0 Å². The van der Waals surface area contributed by atoms with Crippen LogP contribution < -0.4 is 5.32 Å². The number of hydrogen-bond acceptors (Lipinski definition) is 2. The first-order valence-corrected chi connectivity index (χ1v) is 9.46. The summed E-state index contributed by atoms with van der Waals surface area (Å²) in [6.07, 6.45) is 5.97. The van der Waals surface area contributed by atoms with E-state index in [0.29, 0.717) is 5.02 Å². The second-order valence-corrected chi connectivity index (χ2v) is 7.24. The molecule has 1 aliphatic rings. The molecule has 2 aromatic rings. The van der Waals surface area contributed by atoms with Crippen molar-refractivity contribution in [2.24, 2.45) is 0 Å². The molecule has 0 aliphatic heterocycles. The highest BCUT2D eigenvalue weighted by Crippen LogP contribution is 2.42.